The van der Waals surface area contributed by atoms with Gasteiger partial charge in [-0.05, 0) is 105 Å². The van der Waals surface area contributed by atoms with Gasteiger partial charge in [-0.25, -0.2) is 0 Å². The Morgan fingerprint density at radius 2 is 1.10 bits per heavy atom. The molecule has 0 radical (unpaired) electrons. The Labute approximate surface area is 309 Å². The molecular formula is C50H37NS. The van der Waals surface area contributed by atoms with Crippen molar-refractivity contribution in [2.24, 2.45) is 0 Å². The SMILES string of the molecule is Cc1cc(-c2cccc3ccccc23)cc(-c2ccccc2)c1N(c1ccc2c(c1)C(C)(C)c1ccccc1-2)c1ccc2c(c1)sc1ccccc12. The fraction of sp³-hybridized carbons (Fsp3) is 0.0800. The largest absolute Gasteiger partial charge is 0.310 e. The third kappa shape index (κ3) is 4.75. The summed E-state index contributed by atoms with van der Waals surface area (Å²) in [6.45, 7) is 7.03. The number of fused-ring (bicyclic) bond motifs is 7. The Hall–Kier alpha value is -5.96. The van der Waals surface area contributed by atoms with Crippen LogP contribution in [0.5, 0.6) is 0 Å². The van der Waals surface area contributed by atoms with Gasteiger partial charge in [0, 0.05) is 42.5 Å². The van der Waals surface area contributed by atoms with Crippen molar-refractivity contribution in [3.8, 4) is 33.4 Å². The van der Waals surface area contributed by atoms with Gasteiger partial charge in [0.25, 0.3) is 0 Å². The lowest BCUT2D eigenvalue weighted by Crippen LogP contribution is -2.17. The Kier molecular flexibility index (Phi) is 7.00. The summed E-state index contributed by atoms with van der Waals surface area (Å²) in [5.41, 5.74) is 14.9. The molecule has 0 spiro atoms. The van der Waals surface area contributed by atoms with Crippen molar-refractivity contribution in [1.29, 1.82) is 0 Å². The van der Waals surface area contributed by atoms with Gasteiger partial charge in [-0.1, -0.05) is 141 Å². The van der Waals surface area contributed by atoms with E-state index in [9.17, 15) is 0 Å². The molecule has 248 valence electrons. The summed E-state index contributed by atoms with van der Waals surface area (Å²) in [4.78, 5) is 2.52. The molecule has 8 aromatic carbocycles. The second kappa shape index (κ2) is 11.8. The molecule has 2 heteroatoms. The van der Waals surface area contributed by atoms with Crippen LogP contribution in [0.25, 0.3) is 64.3 Å². The van der Waals surface area contributed by atoms with Crippen molar-refractivity contribution in [3.05, 3.63) is 187 Å². The maximum absolute atomic E-state index is 2.52. The van der Waals surface area contributed by atoms with Crippen LogP contribution in [0.3, 0.4) is 0 Å². The van der Waals surface area contributed by atoms with E-state index in [1.165, 1.54) is 92.4 Å². The first-order valence-electron chi connectivity index (χ1n) is 18.1. The molecular weight excluding hydrogens is 647 g/mol. The van der Waals surface area contributed by atoms with E-state index in [2.05, 4.69) is 196 Å². The monoisotopic (exact) mass is 683 g/mol. The molecule has 1 aliphatic carbocycles. The molecule has 0 atom stereocenters. The summed E-state index contributed by atoms with van der Waals surface area (Å²) < 4.78 is 2.61. The maximum Gasteiger partial charge on any atom is 0.0569 e. The highest BCUT2D eigenvalue weighted by Gasteiger charge is 2.36. The van der Waals surface area contributed by atoms with Gasteiger partial charge in [0.05, 0.1) is 5.69 Å². The number of benzene rings is 8. The standard InChI is InChI=1S/C50H37NS/c1-32-28-35(39-21-13-17-33-16-7-8-18-38(33)39)29-44(34-14-5-4-6-15-34)49(32)51(37-25-27-43-42-20-10-12-23-47(42)52-48(43)31-37)36-24-26-41-40-19-9-11-22-45(40)50(2,3)46(41)30-36/h4-31H,1-3H3. The molecule has 0 N–H and O–H groups in total. The summed E-state index contributed by atoms with van der Waals surface area (Å²) in [5, 5.41) is 5.14. The zero-order valence-corrected chi connectivity index (χ0v) is 30.3. The molecule has 0 fully saturated rings. The molecule has 1 heterocycles. The molecule has 0 amide bonds. The van der Waals surface area contributed by atoms with Crippen molar-refractivity contribution >= 4 is 59.3 Å². The summed E-state index contributed by atoms with van der Waals surface area (Å²) in [7, 11) is 0. The van der Waals surface area contributed by atoms with Gasteiger partial charge in [-0.15, -0.1) is 11.3 Å². The fourth-order valence-corrected chi connectivity index (χ4v) is 9.78. The van der Waals surface area contributed by atoms with E-state index in [0.29, 0.717) is 0 Å². The highest BCUT2D eigenvalue weighted by Crippen LogP contribution is 2.52. The van der Waals surface area contributed by atoms with Gasteiger partial charge in [0.1, 0.15) is 0 Å². The van der Waals surface area contributed by atoms with Gasteiger partial charge >= 0.3 is 0 Å². The van der Waals surface area contributed by atoms with Crippen molar-refractivity contribution in [3.63, 3.8) is 0 Å². The molecule has 0 saturated heterocycles. The quantitative estimate of drug-likeness (QED) is 0.175. The zero-order valence-electron chi connectivity index (χ0n) is 29.5. The van der Waals surface area contributed by atoms with E-state index < -0.39 is 0 Å². The topological polar surface area (TPSA) is 3.24 Å². The molecule has 1 aliphatic rings. The van der Waals surface area contributed by atoms with Crippen LogP contribution >= 0.6 is 11.3 Å². The van der Waals surface area contributed by atoms with Crippen molar-refractivity contribution in [2.75, 3.05) is 4.90 Å². The van der Waals surface area contributed by atoms with Gasteiger partial charge in [0.15, 0.2) is 0 Å². The number of anilines is 3. The molecule has 10 rings (SSSR count). The average Bonchev–Trinajstić information content (AvgIpc) is 3.67. The van der Waals surface area contributed by atoms with E-state index in [4.69, 9.17) is 0 Å². The third-order valence-electron chi connectivity index (χ3n) is 11.2. The van der Waals surface area contributed by atoms with Crippen LogP contribution in [-0.2, 0) is 5.41 Å². The van der Waals surface area contributed by atoms with Crippen LogP contribution in [0.15, 0.2) is 170 Å². The fourth-order valence-electron chi connectivity index (χ4n) is 8.64. The lowest BCUT2D eigenvalue weighted by Gasteiger charge is -2.31. The smallest absolute Gasteiger partial charge is 0.0569 e. The van der Waals surface area contributed by atoms with Crippen molar-refractivity contribution in [1.82, 2.24) is 0 Å². The first kappa shape index (κ1) is 30.8. The lowest BCUT2D eigenvalue weighted by atomic mass is 9.82. The molecule has 0 aliphatic heterocycles. The van der Waals surface area contributed by atoms with Crippen molar-refractivity contribution < 1.29 is 0 Å². The molecule has 1 aromatic heterocycles. The van der Waals surface area contributed by atoms with E-state index in [1.54, 1.807) is 0 Å². The van der Waals surface area contributed by atoms with Gasteiger partial charge in [-0.3, -0.25) is 0 Å². The summed E-state index contributed by atoms with van der Waals surface area (Å²) in [6.07, 6.45) is 0. The second-order valence-electron chi connectivity index (χ2n) is 14.6. The Bertz CT molecular complexity index is 2830. The average molecular weight is 684 g/mol. The maximum atomic E-state index is 2.52. The number of thiophene rings is 1. The van der Waals surface area contributed by atoms with Crippen LogP contribution in [0.4, 0.5) is 17.1 Å². The minimum Gasteiger partial charge on any atom is -0.310 e. The first-order valence-corrected chi connectivity index (χ1v) is 18.9. The number of aryl methyl sites for hydroxylation is 1. The number of hydrogen-bond acceptors (Lipinski definition) is 2. The van der Waals surface area contributed by atoms with Crippen LogP contribution in [-0.4, -0.2) is 0 Å². The summed E-state index contributed by atoms with van der Waals surface area (Å²) in [6, 6.07) is 63.0. The Balaban J connectivity index is 1.25. The van der Waals surface area contributed by atoms with E-state index in [0.717, 1.165) is 5.69 Å². The molecule has 1 nitrogen and oxygen atoms in total. The molecule has 0 saturated carbocycles. The van der Waals surface area contributed by atoms with E-state index >= 15 is 0 Å². The summed E-state index contributed by atoms with van der Waals surface area (Å²) in [5.74, 6) is 0. The Morgan fingerprint density at radius 1 is 0.442 bits per heavy atom. The van der Waals surface area contributed by atoms with E-state index in [-0.39, 0.29) is 5.41 Å². The summed E-state index contributed by atoms with van der Waals surface area (Å²) >= 11 is 1.87. The minimum atomic E-state index is -0.113. The highest BCUT2D eigenvalue weighted by molar-refractivity contribution is 7.25. The number of rotatable bonds is 5. The molecule has 0 bridgehead atoms. The first-order chi connectivity index (χ1) is 25.5. The third-order valence-corrected chi connectivity index (χ3v) is 12.3. The number of nitrogens with zero attached hydrogens (tertiary/aromatic N) is 1. The predicted octanol–water partition coefficient (Wildman–Crippen LogP) is 14.6. The zero-order chi connectivity index (χ0) is 35.0. The van der Waals surface area contributed by atoms with Crippen LogP contribution in [0.1, 0.15) is 30.5 Å². The Morgan fingerprint density at radius 3 is 1.98 bits per heavy atom. The van der Waals surface area contributed by atoms with Gasteiger partial charge in [0.2, 0.25) is 0 Å². The highest BCUT2D eigenvalue weighted by atomic mass is 32.1. The predicted molar refractivity (Wildman–Crippen MR) is 225 cm³/mol. The van der Waals surface area contributed by atoms with Crippen LogP contribution in [0.2, 0.25) is 0 Å². The van der Waals surface area contributed by atoms with Gasteiger partial charge in [-0.2, -0.15) is 0 Å². The van der Waals surface area contributed by atoms with Gasteiger partial charge < -0.3 is 4.90 Å². The molecule has 0 unspecified atom stereocenters. The normalized spacial score (nSPS) is 13.1. The second-order valence-corrected chi connectivity index (χ2v) is 15.7. The lowest BCUT2D eigenvalue weighted by molar-refractivity contribution is 0.660. The number of hydrogen-bond donors (Lipinski definition) is 0. The van der Waals surface area contributed by atoms with Crippen LogP contribution < -0.4 is 4.90 Å². The minimum absolute atomic E-state index is 0.113. The van der Waals surface area contributed by atoms with E-state index in [1.807, 2.05) is 11.3 Å². The molecule has 52 heavy (non-hydrogen) atoms. The van der Waals surface area contributed by atoms with Crippen LogP contribution in [0, 0.1) is 6.92 Å². The molecule has 9 aromatic rings. The van der Waals surface area contributed by atoms with Crippen molar-refractivity contribution in [2.45, 2.75) is 26.2 Å².